The molecule has 0 aromatic heterocycles. The van der Waals surface area contributed by atoms with E-state index >= 15 is 0 Å². The van der Waals surface area contributed by atoms with Crippen LogP contribution in [-0.4, -0.2) is 25.5 Å². The van der Waals surface area contributed by atoms with Crippen molar-refractivity contribution in [1.29, 1.82) is 0 Å². The zero-order valence-corrected chi connectivity index (χ0v) is 10.3. The number of amides is 1. The maximum atomic E-state index is 11.9. The van der Waals surface area contributed by atoms with Crippen LogP contribution in [0.25, 0.3) is 0 Å². The Balaban J connectivity index is 1.65. The lowest BCUT2D eigenvalue weighted by molar-refractivity contribution is -0.126. The molecule has 1 amide bonds. The number of carbonyl (C=O) groups excluding carboxylic acids is 1. The van der Waals surface area contributed by atoms with Crippen LogP contribution < -0.4 is 10.6 Å². The highest BCUT2D eigenvalue weighted by Gasteiger charge is 2.28. The number of hydrogen-bond donors (Lipinski definition) is 2. The SMILES string of the molecule is CC(C(=O)NCC1CCCCC1)C1CNC1. The minimum atomic E-state index is 0.185. The normalized spacial score (nSPS) is 24.8. The van der Waals surface area contributed by atoms with E-state index in [9.17, 15) is 4.79 Å². The highest BCUT2D eigenvalue weighted by atomic mass is 16.1. The largest absolute Gasteiger partial charge is 0.356 e. The van der Waals surface area contributed by atoms with Gasteiger partial charge in [0.1, 0.15) is 0 Å². The zero-order chi connectivity index (χ0) is 11.4. The lowest BCUT2D eigenvalue weighted by Gasteiger charge is -2.32. The van der Waals surface area contributed by atoms with Crippen molar-refractivity contribution in [2.75, 3.05) is 19.6 Å². The van der Waals surface area contributed by atoms with Gasteiger partial charge in [-0.05, 0) is 37.8 Å². The molecule has 0 bridgehead atoms. The van der Waals surface area contributed by atoms with Gasteiger partial charge in [0.2, 0.25) is 5.91 Å². The van der Waals surface area contributed by atoms with Gasteiger partial charge >= 0.3 is 0 Å². The summed E-state index contributed by atoms with van der Waals surface area (Å²) in [6, 6.07) is 0. The third-order valence-electron chi connectivity index (χ3n) is 4.22. The fraction of sp³-hybridized carbons (Fsp3) is 0.923. The van der Waals surface area contributed by atoms with E-state index in [1.807, 2.05) is 0 Å². The minimum Gasteiger partial charge on any atom is -0.356 e. The van der Waals surface area contributed by atoms with E-state index in [-0.39, 0.29) is 11.8 Å². The number of hydrogen-bond acceptors (Lipinski definition) is 2. The predicted octanol–water partition coefficient (Wildman–Crippen LogP) is 1.54. The molecule has 1 aliphatic carbocycles. The van der Waals surface area contributed by atoms with Gasteiger partial charge in [0.15, 0.2) is 0 Å². The number of carbonyl (C=O) groups is 1. The summed E-state index contributed by atoms with van der Waals surface area (Å²) in [7, 11) is 0. The van der Waals surface area contributed by atoms with E-state index in [1.165, 1.54) is 32.1 Å². The van der Waals surface area contributed by atoms with Crippen LogP contribution in [-0.2, 0) is 4.79 Å². The van der Waals surface area contributed by atoms with Gasteiger partial charge in [0.25, 0.3) is 0 Å². The summed E-state index contributed by atoms with van der Waals surface area (Å²) in [5.74, 6) is 1.75. The molecule has 3 heteroatoms. The van der Waals surface area contributed by atoms with E-state index in [4.69, 9.17) is 0 Å². The van der Waals surface area contributed by atoms with E-state index in [0.717, 1.165) is 25.6 Å². The van der Waals surface area contributed by atoms with Gasteiger partial charge in [0.05, 0.1) is 0 Å². The molecule has 16 heavy (non-hydrogen) atoms. The molecule has 0 spiro atoms. The molecule has 1 unspecified atom stereocenters. The van der Waals surface area contributed by atoms with Crippen LogP contribution >= 0.6 is 0 Å². The van der Waals surface area contributed by atoms with Crippen molar-refractivity contribution in [3.63, 3.8) is 0 Å². The van der Waals surface area contributed by atoms with E-state index in [1.54, 1.807) is 0 Å². The van der Waals surface area contributed by atoms with Gasteiger partial charge in [-0.3, -0.25) is 4.79 Å². The van der Waals surface area contributed by atoms with Gasteiger partial charge in [-0.1, -0.05) is 26.2 Å². The molecule has 1 aliphatic heterocycles. The van der Waals surface area contributed by atoms with E-state index in [2.05, 4.69) is 17.6 Å². The average molecular weight is 224 g/mol. The summed E-state index contributed by atoms with van der Waals surface area (Å²) in [6.07, 6.45) is 6.69. The first kappa shape index (κ1) is 11.9. The van der Waals surface area contributed by atoms with Crippen LogP contribution in [0, 0.1) is 17.8 Å². The fourth-order valence-corrected chi connectivity index (χ4v) is 2.68. The van der Waals surface area contributed by atoms with Gasteiger partial charge < -0.3 is 10.6 Å². The lowest BCUT2D eigenvalue weighted by atomic mass is 9.87. The van der Waals surface area contributed by atoms with Crippen molar-refractivity contribution in [3.05, 3.63) is 0 Å². The summed E-state index contributed by atoms with van der Waals surface area (Å²) < 4.78 is 0. The molecule has 2 aliphatic rings. The van der Waals surface area contributed by atoms with Crippen LogP contribution in [0.1, 0.15) is 39.0 Å². The van der Waals surface area contributed by atoms with Crippen LogP contribution in [0.2, 0.25) is 0 Å². The van der Waals surface area contributed by atoms with Gasteiger partial charge in [0, 0.05) is 12.5 Å². The second kappa shape index (κ2) is 5.67. The smallest absolute Gasteiger partial charge is 0.223 e. The van der Waals surface area contributed by atoms with E-state index < -0.39 is 0 Å². The molecule has 0 radical (unpaired) electrons. The monoisotopic (exact) mass is 224 g/mol. The Labute approximate surface area is 98.4 Å². The Hall–Kier alpha value is -0.570. The van der Waals surface area contributed by atoms with Crippen LogP contribution in [0.4, 0.5) is 0 Å². The van der Waals surface area contributed by atoms with Gasteiger partial charge in [-0.25, -0.2) is 0 Å². The molecule has 1 saturated carbocycles. The minimum absolute atomic E-state index is 0.185. The highest BCUT2D eigenvalue weighted by molar-refractivity contribution is 5.78. The Bertz CT molecular complexity index is 232. The Morgan fingerprint density at radius 2 is 2.00 bits per heavy atom. The first-order valence-corrected chi connectivity index (χ1v) is 6.76. The van der Waals surface area contributed by atoms with Gasteiger partial charge in [-0.15, -0.1) is 0 Å². The zero-order valence-electron chi connectivity index (χ0n) is 10.3. The molecule has 1 atom stereocenters. The summed E-state index contributed by atoms with van der Waals surface area (Å²) in [4.78, 5) is 11.9. The number of nitrogens with one attached hydrogen (secondary N) is 2. The van der Waals surface area contributed by atoms with Crippen LogP contribution in [0.15, 0.2) is 0 Å². The molecule has 1 heterocycles. The predicted molar refractivity (Wildman–Crippen MR) is 65.1 cm³/mol. The molecule has 3 nitrogen and oxygen atoms in total. The third kappa shape index (κ3) is 2.97. The number of rotatable bonds is 4. The van der Waals surface area contributed by atoms with Crippen LogP contribution in [0.3, 0.4) is 0 Å². The summed E-state index contributed by atoms with van der Waals surface area (Å²) >= 11 is 0. The van der Waals surface area contributed by atoms with Crippen molar-refractivity contribution in [2.24, 2.45) is 17.8 Å². The molecule has 2 N–H and O–H groups in total. The fourth-order valence-electron chi connectivity index (χ4n) is 2.68. The second-order valence-electron chi connectivity index (χ2n) is 5.46. The maximum Gasteiger partial charge on any atom is 0.223 e. The maximum absolute atomic E-state index is 11.9. The van der Waals surface area contributed by atoms with Crippen molar-refractivity contribution in [2.45, 2.75) is 39.0 Å². The molecule has 0 aromatic rings. The average Bonchev–Trinajstić information content (AvgIpc) is 2.25. The van der Waals surface area contributed by atoms with Crippen molar-refractivity contribution < 1.29 is 4.79 Å². The molecule has 2 fully saturated rings. The highest BCUT2D eigenvalue weighted by Crippen LogP contribution is 2.23. The molecular formula is C13H24N2O. The van der Waals surface area contributed by atoms with Crippen molar-refractivity contribution in [3.8, 4) is 0 Å². The van der Waals surface area contributed by atoms with Crippen molar-refractivity contribution in [1.82, 2.24) is 10.6 Å². The molecule has 2 rings (SSSR count). The Morgan fingerprint density at radius 1 is 1.31 bits per heavy atom. The second-order valence-corrected chi connectivity index (χ2v) is 5.46. The van der Waals surface area contributed by atoms with Crippen LogP contribution in [0.5, 0.6) is 0 Å². The Morgan fingerprint density at radius 3 is 2.56 bits per heavy atom. The molecule has 0 aromatic carbocycles. The first-order chi connectivity index (χ1) is 7.77. The summed E-state index contributed by atoms with van der Waals surface area (Å²) in [6.45, 7) is 4.99. The topological polar surface area (TPSA) is 41.1 Å². The molecule has 1 saturated heterocycles. The quantitative estimate of drug-likeness (QED) is 0.760. The third-order valence-corrected chi connectivity index (χ3v) is 4.22. The standard InChI is InChI=1S/C13H24N2O/c1-10(12-8-14-9-12)13(16)15-7-11-5-3-2-4-6-11/h10-12,14H,2-9H2,1H3,(H,15,16). The first-order valence-electron chi connectivity index (χ1n) is 6.76. The Kier molecular flexibility index (Phi) is 4.22. The van der Waals surface area contributed by atoms with Gasteiger partial charge in [-0.2, -0.15) is 0 Å². The summed E-state index contributed by atoms with van der Waals surface area (Å²) in [5.41, 5.74) is 0. The molecular weight excluding hydrogens is 200 g/mol. The summed E-state index contributed by atoms with van der Waals surface area (Å²) in [5, 5.41) is 6.36. The molecule has 92 valence electrons. The van der Waals surface area contributed by atoms with Crippen molar-refractivity contribution >= 4 is 5.91 Å². The van der Waals surface area contributed by atoms with E-state index in [0.29, 0.717) is 5.92 Å². The lowest BCUT2D eigenvalue weighted by Crippen LogP contribution is -2.50.